The van der Waals surface area contributed by atoms with Gasteiger partial charge in [-0.15, -0.1) is 0 Å². The molecule has 1 fully saturated rings. The lowest BCUT2D eigenvalue weighted by Gasteiger charge is -2.03. The van der Waals surface area contributed by atoms with Crippen molar-refractivity contribution in [2.24, 2.45) is 5.92 Å². The quantitative estimate of drug-likeness (QED) is 0.894. The minimum Gasteiger partial charge on any atom is -0.310 e. The highest BCUT2D eigenvalue weighted by atomic mass is 16.2. The second kappa shape index (κ2) is 4.72. The molecule has 0 aliphatic heterocycles. The highest BCUT2D eigenvalue weighted by Gasteiger charge is 2.46. The molecule has 1 N–H and O–H groups in total. The van der Waals surface area contributed by atoms with E-state index in [0.29, 0.717) is 5.82 Å². The summed E-state index contributed by atoms with van der Waals surface area (Å²) in [7, 11) is 0. The van der Waals surface area contributed by atoms with Crippen LogP contribution in [0.5, 0.6) is 0 Å². The molecular weight excluding hydrogens is 242 g/mol. The number of amides is 1. The van der Waals surface area contributed by atoms with Gasteiger partial charge in [-0.2, -0.15) is 0 Å². The Hall–Kier alpha value is -2.37. The number of anilines is 1. The van der Waals surface area contributed by atoms with Crippen molar-refractivity contribution in [2.45, 2.75) is 19.3 Å². The fourth-order valence-electron chi connectivity index (χ4n) is 2.00. The summed E-state index contributed by atoms with van der Waals surface area (Å²) in [5, 5.41) is 2.77. The topological polar surface area (TPSA) is 80.7 Å². The minimum atomic E-state index is -0.0586. The Morgan fingerprint density at radius 2 is 2.21 bits per heavy atom. The van der Waals surface area contributed by atoms with E-state index < -0.39 is 0 Å². The van der Waals surface area contributed by atoms with Crippen LogP contribution >= 0.6 is 0 Å². The Balaban J connectivity index is 1.65. The molecule has 6 nitrogen and oxygen atoms in total. The number of carbonyl (C=O) groups is 1. The van der Waals surface area contributed by atoms with Gasteiger partial charge in [0.2, 0.25) is 5.91 Å². The molecule has 2 aromatic heterocycles. The summed E-state index contributed by atoms with van der Waals surface area (Å²) in [6.45, 7) is 1.92. The van der Waals surface area contributed by atoms with Crippen LogP contribution in [0.4, 0.5) is 5.82 Å². The van der Waals surface area contributed by atoms with Gasteiger partial charge in [-0.25, -0.2) is 19.9 Å². The lowest BCUT2D eigenvalue weighted by Crippen LogP contribution is -2.15. The number of hydrogen-bond acceptors (Lipinski definition) is 5. The second-order valence-corrected chi connectivity index (χ2v) is 4.59. The first kappa shape index (κ1) is 11.7. The van der Waals surface area contributed by atoms with E-state index in [-0.39, 0.29) is 17.7 Å². The van der Waals surface area contributed by atoms with Crippen LogP contribution in [0.15, 0.2) is 30.9 Å². The molecule has 1 amide bonds. The van der Waals surface area contributed by atoms with Crippen molar-refractivity contribution in [2.75, 3.05) is 5.32 Å². The summed E-state index contributed by atoms with van der Waals surface area (Å²) in [5.74, 6) is 1.31. The van der Waals surface area contributed by atoms with E-state index in [4.69, 9.17) is 0 Å². The Labute approximate surface area is 110 Å². The number of rotatable bonds is 3. The Morgan fingerprint density at radius 3 is 2.95 bits per heavy atom. The Bertz CT molecular complexity index is 601. The first-order valence-electron chi connectivity index (χ1n) is 6.10. The number of nitrogens with one attached hydrogen (secondary N) is 1. The number of nitrogens with zero attached hydrogens (tertiary/aromatic N) is 4. The highest BCUT2D eigenvalue weighted by molar-refractivity contribution is 5.94. The molecule has 96 valence electrons. The zero-order chi connectivity index (χ0) is 13.2. The van der Waals surface area contributed by atoms with Crippen LogP contribution in [0.25, 0.3) is 0 Å². The predicted octanol–water partition coefficient (Wildman–Crippen LogP) is 1.32. The Morgan fingerprint density at radius 1 is 1.32 bits per heavy atom. The largest absolute Gasteiger partial charge is 0.310 e. The van der Waals surface area contributed by atoms with Crippen LogP contribution in [0.2, 0.25) is 0 Å². The van der Waals surface area contributed by atoms with Gasteiger partial charge in [0.1, 0.15) is 18.0 Å². The first-order valence-corrected chi connectivity index (χ1v) is 6.10. The zero-order valence-electron chi connectivity index (χ0n) is 10.4. The van der Waals surface area contributed by atoms with E-state index in [2.05, 4.69) is 25.3 Å². The van der Waals surface area contributed by atoms with Gasteiger partial charge in [0.15, 0.2) is 0 Å². The average molecular weight is 255 g/mol. The normalized spacial score (nSPS) is 20.9. The molecule has 19 heavy (non-hydrogen) atoms. The summed E-state index contributed by atoms with van der Waals surface area (Å²) >= 11 is 0. The molecule has 2 heterocycles. The zero-order valence-corrected chi connectivity index (χ0v) is 10.4. The molecule has 0 bridgehead atoms. The van der Waals surface area contributed by atoms with Crippen LogP contribution < -0.4 is 5.32 Å². The fourth-order valence-corrected chi connectivity index (χ4v) is 2.00. The second-order valence-electron chi connectivity index (χ2n) is 4.59. The third kappa shape index (κ3) is 2.57. The van der Waals surface area contributed by atoms with E-state index in [0.717, 1.165) is 17.9 Å². The van der Waals surface area contributed by atoms with Gasteiger partial charge in [0, 0.05) is 29.9 Å². The van der Waals surface area contributed by atoms with E-state index in [1.54, 1.807) is 18.5 Å². The predicted molar refractivity (Wildman–Crippen MR) is 68.3 cm³/mol. The molecule has 0 unspecified atom stereocenters. The van der Waals surface area contributed by atoms with Crippen molar-refractivity contribution in [3.63, 3.8) is 0 Å². The van der Waals surface area contributed by atoms with Crippen LogP contribution in [-0.2, 0) is 4.79 Å². The van der Waals surface area contributed by atoms with Gasteiger partial charge in [-0.05, 0) is 25.5 Å². The summed E-state index contributed by atoms with van der Waals surface area (Å²) in [5.41, 5.74) is 0.923. The first-order chi connectivity index (χ1) is 9.24. The molecule has 0 spiro atoms. The minimum absolute atomic E-state index is 0.0335. The van der Waals surface area contributed by atoms with Gasteiger partial charge < -0.3 is 5.32 Å². The van der Waals surface area contributed by atoms with Gasteiger partial charge in [-0.3, -0.25) is 4.79 Å². The molecule has 2 atom stereocenters. The van der Waals surface area contributed by atoms with Gasteiger partial charge >= 0.3 is 0 Å². The third-order valence-corrected chi connectivity index (χ3v) is 3.11. The smallest absolute Gasteiger partial charge is 0.229 e. The summed E-state index contributed by atoms with van der Waals surface area (Å²) in [6.07, 6.45) is 5.52. The maximum Gasteiger partial charge on any atom is 0.229 e. The maximum atomic E-state index is 12.0. The van der Waals surface area contributed by atoms with Crippen molar-refractivity contribution in [1.29, 1.82) is 0 Å². The molecular formula is C13H13N5O. The standard InChI is InChI=1S/C13H13N5O/c1-8-2-5-15-12(17-8)9-6-10(9)13(19)18-11-3-4-14-7-16-11/h2-5,7,9-10H,6H2,1H3,(H,14,16,18,19)/t9-,10-/m0/s1. The molecule has 0 radical (unpaired) electrons. The SMILES string of the molecule is Cc1ccnc([C@H]2C[C@@H]2C(=O)Nc2ccncn2)n1. The number of hydrogen-bond donors (Lipinski definition) is 1. The lowest BCUT2D eigenvalue weighted by atomic mass is 10.2. The number of aryl methyl sites for hydroxylation is 1. The summed E-state index contributed by atoms with van der Waals surface area (Å²) in [6, 6.07) is 3.51. The van der Waals surface area contributed by atoms with E-state index >= 15 is 0 Å². The molecule has 0 saturated heterocycles. The van der Waals surface area contributed by atoms with E-state index in [1.807, 2.05) is 13.0 Å². The monoisotopic (exact) mass is 255 g/mol. The van der Waals surface area contributed by atoms with E-state index in [9.17, 15) is 4.79 Å². The average Bonchev–Trinajstić information content (AvgIpc) is 3.20. The van der Waals surface area contributed by atoms with Gasteiger partial charge in [-0.1, -0.05) is 0 Å². The lowest BCUT2D eigenvalue weighted by molar-refractivity contribution is -0.117. The van der Waals surface area contributed by atoms with Crippen molar-refractivity contribution in [3.05, 3.63) is 42.4 Å². The van der Waals surface area contributed by atoms with Crippen molar-refractivity contribution < 1.29 is 4.79 Å². The molecule has 6 heteroatoms. The molecule has 1 aliphatic carbocycles. The third-order valence-electron chi connectivity index (χ3n) is 3.11. The Kier molecular flexibility index (Phi) is 2.91. The number of carbonyl (C=O) groups excluding carboxylic acids is 1. The molecule has 1 aliphatic rings. The molecule has 0 aromatic carbocycles. The highest BCUT2D eigenvalue weighted by Crippen LogP contribution is 2.46. The van der Waals surface area contributed by atoms with Crippen LogP contribution in [0, 0.1) is 12.8 Å². The number of aromatic nitrogens is 4. The van der Waals surface area contributed by atoms with Crippen molar-refractivity contribution in [1.82, 2.24) is 19.9 Å². The van der Waals surface area contributed by atoms with E-state index in [1.165, 1.54) is 6.33 Å². The van der Waals surface area contributed by atoms with Crippen LogP contribution in [0.1, 0.15) is 23.9 Å². The maximum absolute atomic E-state index is 12.0. The van der Waals surface area contributed by atoms with Crippen LogP contribution in [-0.4, -0.2) is 25.8 Å². The van der Waals surface area contributed by atoms with Crippen molar-refractivity contribution >= 4 is 11.7 Å². The fraction of sp³-hybridized carbons (Fsp3) is 0.308. The summed E-state index contributed by atoms with van der Waals surface area (Å²) in [4.78, 5) is 28.4. The summed E-state index contributed by atoms with van der Waals surface area (Å²) < 4.78 is 0. The van der Waals surface area contributed by atoms with Crippen molar-refractivity contribution in [3.8, 4) is 0 Å². The van der Waals surface area contributed by atoms with Crippen LogP contribution in [0.3, 0.4) is 0 Å². The molecule has 3 rings (SSSR count). The molecule has 1 saturated carbocycles. The van der Waals surface area contributed by atoms with Gasteiger partial charge in [0.05, 0.1) is 0 Å². The molecule has 2 aromatic rings. The van der Waals surface area contributed by atoms with Gasteiger partial charge in [0.25, 0.3) is 0 Å².